The van der Waals surface area contributed by atoms with Crippen LogP contribution in [0.5, 0.6) is 0 Å². The number of likely N-dealkylation sites (tertiary alicyclic amines) is 1. The van der Waals surface area contributed by atoms with E-state index in [2.05, 4.69) is 20.6 Å². The Morgan fingerprint density at radius 2 is 1.89 bits per heavy atom. The molecule has 8 heteroatoms. The fraction of sp³-hybridized carbons (Fsp3) is 0.421. The number of nitrogens with zero attached hydrogens (tertiary/aromatic N) is 3. The molecule has 1 fully saturated rings. The van der Waals surface area contributed by atoms with Crippen molar-refractivity contribution in [2.45, 2.75) is 19.3 Å². The standard InChI is InChI=1S/C19H24ClN5O2/c1-24-17(22-18(26)14-7-3-4-8-15(14)20)13-16(23-24)19(27)21-9-12-25-10-5-2-6-11-25/h3-4,7-8,13H,2,5-6,9-12H2,1H3,(H,21,27)(H,22,26). The molecular weight excluding hydrogens is 366 g/mol. The summed E-state index contributed by atoms with van der Waals surface area (Å²) in [6, 6.07) is 8.36. The third-order valence-electron chi connectivity index (χ3n) is 4.63. The van der Waals surface area contributed by atoms with Crippen LogP contribution in [0, 0.1) is 0 Å². The van der Waals surface area contributed by atoms with Gasteiger partial charge < -0.3 is 15.5 Å². The Balaban J connectivity index is 1.56. The molecule has 7 nitrogen and oxygen atoms in total. The normalized spacial score (nSPS) is 14.7. The zero-order chi connectivity index (χ0) is 19.2. The van der Waals surface area contributed by atoms with Crippen LogP contribution >= 0.6 is 11.6 Å². The number of piperidine rings is 1. The molecule has 0 radical (unpaired) electrons. The van der Waals surface area contributed by atoms with Crippen LogP contribution in [0.1, 0.15) is 40.1 Å². The van der Waals surface area contributed by atoms with Crippen molar-refractivity contribution in [2.24, 2.45) is 7.05 Å². The second kappa shape index (κ2) is 9.01. The maximum absolute atomic E-state index is 12.4. The summed E-state index contributed by atoms with van der Waals surface area (Å²) in [4.78, 5) is 27.1. The summed E-state index contributed by atoms with van der Waals surface area (Å²) >= 11 is 6.05. The first kappa shape index (κ1) is 19.4. The van der Waals surface area contributed by atoms with Crippen molar-refractivity contribution in [3.05, 3.63) is 46.6 Å². The predicted molar refractivity (Wildman–Crippen MR) is 105 cm³/mol. The van der Waals surface area contributed by atoms with Gasteiger partial charge in [0.05, 0.1) is 10.6 Å². The molecule has 1 aromatic heterocycles. The zero-order valence-electron chi connectivity index (χ0n) is 15.4. The summed E-state index contributed by atoms with van der Waals surface area (Å²) in [5.74, 6) is -0.164. The minimum Gasteiger partial charge on any atom is -0.349 e. The smallest absolute Gasteiger partial charge is 0.271 e. The average Bonchev–Trinajstić information content (AvgIpc) is 3.03. The molecule has 144 valence electrons. The van der Waals surface area contributed by atoms with Gasteiger partial charge in [0.15, 0.2) is 5.69 Å². The van der Waals surface area contributed by atoms with Crippen LogP contribution in [0.4, 0.5) is 5.82 Å². The highest BCUT2D eigenvalue weighted by atomic mass is 35.5. The van der Waals surface area contributed by atoms with E-state index in [1.54, 1.807) is 37.4 Å². The van der Waals surface area contributed by atoms with Gasteiger partial charge in [0, 0.05) is 26.2 Å². The number of halogens is 1. The van der Waals surface area contributed by atoms with Gasteiger partial charge in [-0.3, -0.25) is 14.3 Å². The Labute approximate surface area is 163 Å². The van der Waals surface area contributed by atoms with Crippen LogP contribution in [-0.4, -0.2) is 52.7 Å². The molecule has 2 amide bonds. The first-order chi connectivity index (χ1) is 13.0. The average molecular weight is 390 g/mol. The molecule has 0 unspecified atom stereocenters. The predicted octanol–water partition coefficient (Wildman–Crippen LogP) is 2.54. The number of carbonyl (C=O) groups is 2. The van der Waals surface area contributed by atoms with Crippen molar-refractivity contribution in [3.8, 4) is 0 Å². The molecule has 0 spiro atoms. The molecule has 1 saturated heterocycles. The number of amides is 2. The molecule has 1 aromatic carbocycles. The summed E-state index contributed by atoms with van der Waals surface area (Å²) in [6.45, 7) is 3.61. The quantitative estimate of drug-likeness (QED) is 0.795. The number of hydrogen-bond donors (Lipinski definition) is 2. The van der Waals surface area contributed by atoms with Crippen molar-refractivity contribution in [3.63, 3.8) is 0 Å². The van der Waals surface area contributed by atoms with Crippen molar-refractivity contribution in [2.75, 3.05) is 31.5 Å². The number of nitrogens with one attached hydrogen (secondary N) is 2. The van der Waals surface area contributed by atoms with Gasteiger partial charge in [0.2, 0.25) is 0 Å². The van der Waals surface area contributed by atoms with Gasteiger partial charge in [-0.25, -0.2) is 0 Å². The highest BCUT2D eigenvalue weighted by molar-refractivity contribution is 6.34. The van der Waals surface area contributed by atoms with E-state index in [4.69, 9.17) is 11.6 Å². The van der Waals surface area contributed by atoms with Gasteiger partial charge in [-0.1, -0.05) is 30.2 Å². The molecule has 27 heavy (non-hydrogen) atoms. The third kappa shape index (κ3) is 5.08. The molecule has 0 atom stereocenters. The van der Waals surface area contributed by atoms with Gasteiger partial charge in [-0.05, 0) is 38.1 Å². The molecule has 1 aliphatic rings. The van der Waals surface area contributed by atoms with E-state index >= 15 is 0 Å². The van der Waals surface area contributed by atoms with E-state index < -0.39 is 0 Å². The second-order valence-corrected chi connectivity index (χ2v) is 7.04. The zero-order valence-corrected chi connectivity index (χ0v) is 16.1. The highest BCUT2D eigenvalue weighted by Gasteiger charge is 2.17. The van der Waals surface area contributed by atoms with E-state index in [0.717, 1.165) is 19.6 Å². The number of anilines is 1. The second-order valence-electron chi connectivity index (χ2n) is 6.63. The molecule has 2 N–H and O–H groups in total. The Hall–Kier alpha value is -2.38. The van der Waals surface area contributed by atoms with Crippen LogP contribution in [0.25, 0.3) is 0 Å². The molecule has 1 aliphatic heterocycles. The van der Waals surface area contributed by atoms with Gasteiger partial charge in [0.25, 0.3) is 11.8 Å². The van der Waals surface area contributed by atoms with E-state index in [1.807, 2.05) is 0 Å². The van der Waals surface area contributed by atoms with Gasteiger partial charge >= 0.3 is 0 Å². The summed E-state index contributed by atoms with van der Waals surface area (Å²) in [5.41, 5.74) is 0.638. The lowest BCUT2D eigenvalue weighted by molar-refractivity contribution is 0.0940. The number of benzene rings is 1. The van der Waals surface area contributed by atoms with Gasteiger partial charge in [-0.15, -0.1) is 0 Å². The molecule has 0 aliphatic carbocycles. The van der Waals surface area contributed by atoms with Crippen LogP contribution < -0.4 is 10.6 Å². The van der Waals surface area contributed by atoms with Crippen LogP contribution in [-0.2, 0) is 7.05 Å². The summed E-state index contributed by atoms with van der Waals surface area (Å²) in [7, 11) is 1.67. The van der Waals surface area contributed by atoms with Crippen molar-refractivity contribution in [1.82, 2.24) is 20.0 Å². The van der Waals surface area contributed by atoms with Crippen molar-refractivity contribution < 1.29 is 9.59 Å². The van der Waals surface area contributed by atoms with E-state index in [1.165, 1.54) is 23.9 Å². The van der Waals surface area contributed by atoms with Crippen LogP contribution in [0.2, 0.25) is 5.02 Å². The Bertz CT molecular complexity index is 814. The summed E-state index contributed by atoms with van der Waals surface area (Å²) in [6.07, 6.45) is 3.74. The number of aromatic nitrogens is 2. The topological polar surface area (TPSA) is 79.3 Å². The Morgan fingerprint density at radius 3 is 2.63 bits per heavy atom. The minimum atomic E-state index is -0.347. The van der Waals surface area contributed by atoms with Gasteiger partial charge in [-0.2, -0.15) is 5.10 Å². The fourth-order valence-electron chi connectivity index (χ4n) is 3.13. The fourth-order valence-corrected chi connectivity index (χ4v) is 3.35. The molecule has 0 saturated carbocycles. The lowest BCUT2D eigenvalue weighted by Crippen LogP contribution is -2.37. The summed E-state index contributed by atoms with van der Waals surface area (Å²) in [5, 5.41) is 10.2. The van der Waals surface area contributed by atoms with Gasteiger partial charge in [0.1, 0.15) is 5.82 Å². The van der Waals surface area contributed by atoms with E-state index in [-0.39, 0.29) is 17.5 Å². The first-order valence-corrected chi connectivity index (χ1v) is 9.53. The summed E-state index contributed by atoms with van der Waals surface area (Å²) < 4.78 is 1.47. The number of carbonyl (C=O) groups excluding carboxylic acids is 2. The first-order valence-electron chi connectivity index (χ1n) is 9.15. The monoisotopic (exact) mass is 389 g/mol. The largest absolute Gasteiger partial charge is 0.349 e. The lowest BCUT2D eigenvalue weighted by Gasteiger charge is -2.26. The van der Waals surface area contributed by atoms with Crippen LogP contribution in [0.3, 0.4) is 0 Å². The molecule has 2 heterocycles. The van der Waals surface area contributed by atoms with E-state index in [0.29, 0.717) is 22.9 Å². The maximum Gasteiger partial charge on any atom is 0.271 e. The number of hydrogen-bond acceptors (Lipinski definition) is 4. The highest BCUT2D eigenvalue weighted by Crippen LogP contribution is 2.17. The van der Waals surface area contributed by atoms with Crippen LogP contribution in [0.15, 0.2) is 30.3 Å². The Kier molecular flexibility index (Phi) is 6.47. The minimum absolute atomic E-state index is 0.249. The molecule has 2 aromatic rings. The molecular formula is C19H24ClN5O2. The Morgan fingerprint density at radius 1 is 1.15 bits per heavy atom. The van der Waals surface area contributed by atoms with E-state index in [9.17, 15) is 9.59 Å². The SMILES string of the molecule is Cn1nc(C(=O)NCCN2CCCCC2)cc1NC(=O)c1ccccc1Cl. The van der Waals surface area contributed by atoms with Crippen molar-refractivity contribution >= 4 is 29.2 Å². The molecule has 0 bridgehead atoms. The molecule has 3 rings (SSSR count). The number of rotatable bonds is 6. The maximum atomic E-state index is 12.4. The number of aryl methyl sites for hydroxylation is 1. The van der Waals surface area contributed by atoms with Crippen molar-refractivity contribution in [1.29, 1.82) is 0 Å². The third-order valence-corrected chi connectivity index (χ3v) is 4.96. The lowest BCUT2D eigenvalue weighted by atomic mass is 10.1.